The molecule has 0 saturated carbocycles. The maximum Gasteiger partial charge on any atom is 0.197 e. The Labute approximate surface area is 112 Å². The molecule has 2 aromatic rings. The molecule has 0 fully saturated rings. The van der Waals surface area contributed by atoms with Crippen molar-refractivity contribution in [3.8, 4) is 11.3 Å². The highest BCUT2D eigenvalue weighted by molar-refractivity contribution is 9.10. The van der Waals surface area contributed by atoms with Gasteiger partial charge in [0.2, 0.25) is 0 Å². The highest BCUT2D eigenvalue weighted by Gasteiger charge is 2.07. The Kier molecular flexibility index (Phi) is 3.47. The summed E-state index contributed by atoms with van der Waals surface area (Å²) in [6.45, 7) is 1.90. The van der Waals surface area contributed by atoms with E-state index in [2.05, 4.69) is 25.9 Å². The lowest BCUT2D eigenvalue weighted by atomic mass is 10.1. The normalized spacial score (nSPS) is 10.5. The van der Waals surface area contributed by atoms with E-state index in [0.717, 1.165) is 17.0 Å². The molecule has 0 bridgehead atoms. The molecule has 0 radical (unpaired) electrons. The second kappa shape index (κ2) is 4.70. The molecule has 0 spiro atoms. The molecule has 2 rings (SSSR count). The first-order valence-corrected chi connectivity index (χ1v) is 6.08. The van der Waals surface area contributed by atoms with Crippen molar-refractivity contribution in [3.05, 3.63) is 44.7 Å². The number of aryl methyl sites for hydroxylation is 1. The van der Waals surface area contributed by atoms with Crippen LogP contribution in [0.25, 0.3) is 11.3 Å². The summed E-state index contributed by atoms with van der Waals surface area (Å²) < 4.78 is 0.550. The minimum atomic E-state index is 0.550. The van der Waals surface area contributed by atoms with Gasteiger partial charge in [-0.1, -0.05) is 23.2 Å². The zero-order valence-corrected chi connectivity index (χ0v) is 11.4. The molecule has 1 aromatic heterocycles. The lowest BCUT2D eigenvalue weighted by Gasteiger charge is -2.05. The fraction of sp³-hybridized carbons (Fsp3) is 0.0909. The topological polar surface area (TPSA) is 25.8 Å². The van der Waals surface area contributed by atoms with Crippen molar-refractivity contribution < 1.29 is 0 Å². The van der Waals surface area contributed by atoms with Crippen LogP contribution in [0.1, 0.15) is 5.69 Å². The van der Waals surface area contributed by atoms with Crippen molar-refractivity contribution in [2.45, 2.75) is 6.92 Å². The molecule has 2 nitrogen and oxygen atoms in total. The molecule has 0 saturated heterocycles. The lowest BCUT2D eigenvalue weighted by molar-refractivity contribution is 1.06. The van der Waals surface area contributed by atoms with Gasteiger partial charge in [0, 0.05) is 16.3 Å². The second-order valence-corrected chi connectivity index (χ2v) is 4.84. The molecule has 16 heavy (non-hydrogen) atoms. The number of aromatic nitrogens is 2. The standard InChI is InChI=1S/C11H7BrCl2N2/c1-6-4-10(16-11(12)15-6)8-3-2-7(13)5-9(8)14/h2-5H,1H3. The van der Waals surface area contributed by atoms with Gasteiger partial charge in [-0.3, -0.25) is 0 Å². The van der Waals surface area contributed by atoms with Crippen molar-refractivity contribution >= 4 is 39.1 Å². The Morgan fingerprint density at radius 2 is 1.88 bits per heavy atom. The number of hydrogen-bond donors (Lipinski definition) is 0. The van der Waals surface area contributed by atoms with Crippen LogP contribution in [0.4, 0.5) is 0 Å². The minimum absolute atomic E-state index is 0.550. The fourth-order valence-corrected chi connectivity index (χ4v) is 2.34. The average Bonchev–Trinajstić information content (AvgIpc) is 2.15. The van der Waals surface area contributed by atoms with Crippen LogP contribution in [-0.4, -0.2) is 9.97 Å². The first-order valence-electron chi connectivity index (χ1n) is 4.53. The lowest BCUT2D eigenvalue weighted by Crippen LogP contribution is -1.91. The van der Waals surface area contributed by atoms with Crippen LogP contribution >= 0.6 is 39.1 Å². The maximum atomic E-state index is 6.11. The van der Waals surface area contributed by atoms with E-state index in [4.69, 9.17) is 23.2 Å². The van der Waals surface area contributed by atoms with E-state index in [1.807, 2.05) is 19.1 Å². The van der Waals surface area contributed by atoms with Gasteiger partial charge in [0.15, 0.2) is 4.73 Å². The van der Waals surface area contributed by atoms with Gasteiger partial charge in [-0.05, 0) is 47.1 Å². The third-order valence-electron chi connectivity index (χ3n) is 2.03. The van der Waals surface area contributed by atoms with Crippen molar-refractivity contribution in [3.63, 3.8) is 0 Å². The van der Waals surface area contributed by atoms with Gasteiger partial charge in [-0.15, -0.1) is 0 Å². The first kappa shape index (κ1) is 11.8. The van der Waals surface area contributed by atoms with Gasteiger partial charge in [0.1, 0.15) is 0 Å². The summed E-state index contributed by atoms with van der Waals surface area (Å²) in [5, 5.41) is 1.19. The summed E-state index contributed by atoms with van der Waals surface area (Å²) >= 11 is 15.2. The molecule has 0 aliphatic rings. The van der Waals surface area contributed by atoms with Crippen LogP contribution in [0.15, 0.2) is 29.0 Å². The molecule has 82 valence electrons. The number of halogens is 3. The first-order chi connectivity index (χ1) is 7.56. The molecular formula is C11H7BrCl2N2. The summed E-state index contributed by atoms with van der Waals surface area (Å²) in [7, 11) is 0. The van der Waals surface area contributed by atoms with Crippen LogP contribution in [-0.2, 0) is 0 Å². The summed E-state index contributed by atoms with van der Waals surface area (Å²) in [6, 6.07) is 7.21. The Morgan fingerprint density at radius 3 is 2.50 bits per heavy atom. The quantitative estimate of drug-likeness (QED) is 0.723. The predicted octanol–water partition coefficient (Wildman–Crippen LogP) is 4.52. The number of rotatable bonds is 1. The van der Waals surface area contributed by atoms with Gasteiger partial charge in [-0.2, -0.15) is 0 Å². The van der Waals surface area contributed by atoms with Gasteiger partial charge in [0.05, 0.1) is 10.7 Å². The van der Waals surface area contributed by atoms with E-state index < -0.39 is 0 Å². The zero-order valence-electron chi connectivity index (χ0n) is 8.34. The Hall–Kier alpha value is -0.640. The SMILES string of the molecule is Cc1cc(-c2ccc(Cl)cc2Cl)nc(Br)n1. The van der Waals surface area contributed by atoms with Gasteiger partial charge >= 0.3 is 0 Å². The molecule has 0 unspecified atom stereocenters. The molecule has 0 N–H and O–H groups in total. The smallest absolute Gasteiger partial charge is 0.197 e. The number of benzene rings is 1. The van der Waals surface area contributed by atoms with E-state index in [1.165, 1.54) is 0 Å². The van der Waals surface area contributed by atoms with E-state index in [9.17, 15) is 0 Å². The second-order valence-electron chi connectivity index (χ2n) is 3.29. The van der Waals surface area contributed by atoms with Gasteiger partial charge in [-0.25, -0.2) is 9.97 Å². The average molecular weight is 318 g/mol. The number of hydrogen-bond acceptors (Lipinski definition) is 2. The van der Waals surface area contributed by atoms with Gasteiger partial charge in [0.25, 0.3) is 0 Å². The van der Waals surface area contributed by atoms with E-state index in [-0.39, 0.29) is 0 Å². The molecule has 1 aromatic carbocycles. The summed E-state index contributed by atoms with van der Waals surface area (Å²) in [6.07, 6.45) is 0. The summed E-state index contributed by atoms with van der Waals surface area (Å²) in [5.41, 5.74) is 2.50. The number of nitrogens with zero attached hydrogens (tertiary/aromatic N) is 2. The van der Waals surface area contributed by atoms with Crippen LogP contribution in [0.3, 0.4) is 0 Å². The van der Waals surface area contributed by atoms with E-state index in [1.54, 1.807) is 12.1 Å². The Balaban J connectivity index is 2.58. The van der Waals surface area contributed by atoms with E-state index in [0.29, 0.717) is 14.8 Å². The maximum absolute atomic E-state index is 6.11. The van der Waals surface area contributed by atoms with Crippen molar-refractivity contribution in [2.75, 3.05) is 0 Å². The molecule has 0 amide bonds. The fourth-order valence-electron chi connectivity index (χ4n) is 1.37. The third-order valence-corrected chi connectivity index (χ3v) is 2.94. The molecule has 0 aliphatic carbocycles. The molecular weight excluding hydrogens is 311 g/mol. The van der Waals surface area contributed by atoms with Crippen molar-refractivity contribution in [1.29, 1.82) is 0 Å². The highest BCUT2D eigenvalue weighted by atomic mass is 79.9. The monoisotopic (exact) mass is 316 g/mol. The molecule has 1 heterocycles. The van der Waals surface area contributed by atoms with Crippen molar-refractivity contribution in [1.82, 2.24) is 9.97 Å². The van der Waals surface area contributed by atoms with Crippen molar-refractivity contribution in [2.24, 2.45) is 0 Å². The third kappa shape index (κ3) is 2.54. The molecule has 5 heteroatoms. The zero-order chi connectivity index (χ0) is 11.7. The minimum Gasteiger partial charge on any atom is -0.227 e. The summed E-state index contributed by atoms with van der Waals surface area (Å²) in [5.74, 6) is 0. The van der Waals surface area contributed by atoms with Crippen LogP contribution in [0.2, 0.25) is 10.0 Å². The predicted molar refractivity (Wildman–Crippen MR) is 69.9 cm³/mol. The van der Waals surface area contributed by atoms with Crippen LogP contribution in [0, 0.1) is 6.92 Å². The highest BCUT2D eigenvalue weighted by Crippen LogP contribution is 2.29. The Morgan fingerprint density at radius 1 is 1.12 bits per heavy atom. The van der Waals surface area contributed by atoms with Crippen LogP contribution < -0.4 is 0 Å². The van der Waals surface area contributed by atoms with E-state index >= 15 is 0 Å². The van der Waals surface area contributed by atoms with Gasteiger partial charge < -0.3 is 0 Å². The summed E-state index contributed by atoms with van der Waals surface area (Å²) in [4.78, 5) is 8.42. The largest absolute Gasteiger partial charge is 0.227 e. The molecule has 0 aliphatic heterocycles. The Bertz CT molecular complexity index is 523. The molecule has 0 atom stereocenters. The van der Waals surface area contributed by atoms with Crippen LogP contribution in [0.5, 0.6) is 0 Å².